The summed E-state index contributed by atoms with van der Waals surface area (Å²) >= 11 is 0. The Kier molecular flexibility index (Phi) is 7.04. The molecule has 0 saturated carbocycles. The smallest absolute Gasteiger partial charge is 0.381 e. The van der Waals surface area contributed by atoms with Crippen molar-refractivity contribution >= 4 is 17.4 Å². The summed E-state index contributed by atoms with van der Waals surface area (Å²) in [7, 11) is 0. The molecule has 0 atom stereocenters. The highest BCUT2D eigenvalue weighted by molar-refractivity contribution is 5.90. The lowest BCUT2D eigenvalue weighted by molar-refractivity contribution is -0.389. The number of nitrogens with zero attached hydrogens (tertiary/aromatic N) is 5. The first-order valence-corrected chi connectivity index (χ1v) is 12.1. The van der Waals surface area contributed by atoms with Crippen molar-refractivity contribution in [3.63, 3.8) is 0 Å². The van der Waals surface area contributed by atoms with Gasteiger partial charge in [0.25, 0.3) is 0 Å². The Labute approximate surface area is 222 Å². The minimum absolute atomic E-state index is 0.119. The summed E-state index contributed by atoms with van der Waals surface area (Å²) in [6, 6.07) is 23.6. The van der Waals surface area contributed by atoms with Gasteiger partial charge in [-0.25, -0.2) is 4.79 Å². The van der Waals surface area contributed by atoms with Gasteiger partial charge in [-0.05, 0) is 70.6 Å². The monoisotopic (exact) mass is 524 g/mol. The maximum absolute atomic E-state index is 13.1. The van der Waals surface area contributed by atoms with Gasteiger partial charge in [0.2, 0.25) is 11.7 Å². The number of aryl methyl sites for hydroxylation is 2. The van der Waals surface area contributed by atoms with E-state index in [4.69, 9.17) is 4.74 Å². The summed E-state index contributed by atoms with van der Waals surface area (Å²) in [5.41, 5.74) is 1.66. The summed E-state index contributed by atoms with van der Waals surface area (Å²) in [6.45, 7) is 1.91. The van der Waals surface area contributed by atoms with Crippen molar-refractivity contribution in [2.75, 3.05) is 5.32 Å². The third-order valence-corrected chi connectivity index (χ3v) is 6.03. The van der Waals surface area contributed by atoms with Crippen LogP contribution in [0.5, 0.6) is 11.5 Å². The van der Waals surface area contributed by atoms with Crippen LogP contribution in [0.15, 0.2) is 102 Å². The topological polar surface area (TPSA) is 126 Å². The van der Waals surface area contributed by atoms with Crippen LogP contribution in [-0.4, -0.2) is 29.5 Å². The molecule has 0 aliphatic carbocycles. The van der Waals surface area contributed by atoms with Gasteiger partial charge in [0, 0.05) is 38.0 Å². The first kappa shape index (κ1) is 25.2. The molecule has 1 amide bonds. The summed E-state index contributed by atoms with van der Waals surface area (Å²) in [5, 5.41) is 13.7. The molecule has 0 spiro atoms. The molecule has 2 heterocycles. The van der Waals surface area contributed by atoms with Crippen molar-refractivity contribution in [2.24, 2.45) is 0 Å². The minimum Gasteiger partial charge on any atom is -0.457 e. The van der Waals surface area contributed by atoms with Crippen LogP contribution in [-0.2, 0) is 11.3 Å². The number of ether oxygens (including phenoxy) is 1. The standard InChI is InChI=1S/C28H24N6O5/c1-20-29-26(34(37)38)19-31(20)16-15-27(35)30-21-7-9-22(10-8-21)32-17-18-33(28(32)36)23-11-13-25(14-12-23)39-24-5-3-2-4-6-24/h2-14,17-19H,15-16H2,1H3,(H,30,35). The number of nitro groups is 1. The minimum atomic E-state index is -0.567. The molecule has 11 nitrogen and oxygen atoms in total. The second kappa shape index (κ2) is 10.9. The number of aromatic nitrogens is 4. The van der Waals surface area contributed by atoms with Crippen molar-refractivity contribution in [3.05, 3.63) is 124 Å². The average Bonchev–Trinajstić information content (AvgIpc) is 3.51. The fourth-order valence-corrected chi connectivity index (χ4v) is 4.03. The van der Waals surface area contributed by atoms with Crippen LogP contribution >= 0.6 is 0 Å². The van der Waals surface area contributed by atoms with Gasteiger partial charge in [0.15, 0.2) is 0 Å². The summed E-state index contributed by atoms with van der Waals surface area (Å²) in [5.74, 6) is 1.36. The summed E-state index contributed by atoms with van der Waals surface area (Å²) < 4.78 is 10.4. The quantitative estimate of drug-likeness (QED) is 0.217. The van der Waals surface area contributed by atoms with E-state index in [0.717, 1.165) is 5.75 Å². The van der Waals surface area contributed by atoms with E-state index in [1.807, 2.05) is 42.5 Å². The molecule has 0 bridgehead atoms. The maximum atomic E-state index is 13.1. The molecular formula is C28H24N6O5. The zero-order valence-electron chi connectivity index (χ0n) is 20.9. The van der Waals surface area contributed by atoms with E-state index in [2.05, 4.69) is 10.3 Å². The van der Waals surface area contributed by atoms with E-state index in [1.54, 1.807) is 60.3 Å². The predicted octanol–water partition coefficient (Wildman–Crippen LogP) is 4.86. The highest BCUT2D eigenvalue weighted by Crippen LogP contribution is 2.22. The molecule has 0 saturated heterocycles. The number of imidazole rings is 2. The van der Waals surface area contributed by atoms with E-state index < -0.39 is 4.92 Å². The van der Waals surface area contributed by atoms with Gasteiger partial charge >= 0.3 is 11.5 Å². The number of benzene rings is 3. The fraction of sp³-hybridized carbons (Fsp3) is 0.107. The second-order valence-electron chi connectivity index (χ2n) is 8.67. The number of carbonyl (C=O) groups is 1. The fourth-order valence-electron chi connectivity index (χ4n) is 4.03. The largest absolute Gasteiger partial charge is 0.457 e. The molecule has 0 fully saturated rings. The van der Waals surface area contributed by atoms with E-state index in [0.29, 0.717) is 28.6 Å². The van der Waals surface area contributed by atoms with Gasteiger partial charge in [0.05, 0.1) is 11.4 Å². The van der Waals surface area contributed by atoms with Crippen LogP contribution in [0.1, 0.15) is 12.2 Å². The third-order valence-electron chi connectivity index (χ3n) is 6.03. The van der Waals surface area contributed by atoms with E-state index in [-0.39, 0.29) is 30.4 Å². The van der Waals surface area contributed by atoms with Gasteiger partial charge in [-0.15, -0.1) is 0 Å². The Morgan fingerprint density at radius 2 is 1.51 bits per heavy atom. The second-order valence-corrected chi connectivity index (χ2v) is 8.67. The highest BCUT2D eigenvalue weighted by Gasteiger charge is 2.16. The molecule has 2 aromatic heterocycles. The Bertz CT molecular complexity index is 1670. The Morgan fingerprint density at radius 3 is 2.10 bits per heavy atom. The highest BCUT2D eigenvalue weighted by atomic mass is 16.6. The average molecular weight is 525 g/mol. The Hall–Kier alpha value is -5.45. The lowest BCUT2D eigenvalue weighted by Gasteiger charge is -2.08. The van der Waals surface area contributed by atoms with E-state index >= 15 is 0 Å². The molecule has 5 rings (SSSR count). The summed E-state index contributed by atoms with van der Waals surface area (Å²) in [4.78, 5) is 39.6. The lowest BCUT2D eigenvalue weighted by Crippen LogP contribution is -2.21. The molecule has 0 radical (unpaired) electrons. The van der Waals surface area contributed by atoms with Crippen molar-refractivity contribution in [1.82, 2.24) is 18.7 Å². The predicted molar refractivity (Wildman–Crippen MR) is 145 cm³/mol. The Balaban J connectivity index is 1.21. The van der Waals surface area contributed by atoms with Crippen LogP contribution in [0, 0.1) is 17.0 Å². The van der Waals surface area contributed by atoms with E-state index in [1.165, 1.54) is 15.3 Å². The molecular weight excluding hydrogens is 500 g/mol. The molecule has 1 N–H and O–H groups in total. The summed E-state index contributed by atoms with van der Waals surface area (Å²) in [6.07, 6.45) is 4.80. The van der Waals surface area contributed by atoms with Gasteiger partial charge in [0.1, 0.15) is 17.7 Å². The maximum Gasteiger partial charge on any atom is 0.381 e. The van der Waals surface area contributed by atoms with Gasteiger partial charge in [-0.3, -0.25) is 13.9 Å². The number of nitrogens with one attached hydrogen (secondary N) is 1. The van der Waals surface area contributed by atoms with Gasteiger partial charge < -0.3 is 24.7 Å². The zero-order chi connectivity index (χ0) is 27.4. The lowest BCUT2D eigenvalue weighted by atomic mass is 10.2. The number of amides is 1. The van der Waals surface area contributed by atoms with E-state index in [9.17, 15) is 19.7 Å². The van der Waals surface area contributed by atoms with Crippen molar-refractivity contribution in [2.45, 2.75) is 19.9 Å². The normalized spacial score (nSPS) is 10.8. The molecule has 11 heteroatoms. The van der Waals surface area contributed by atoms with Crippen LogP contribution < -0.4 is 15.7 Å². The van der Waals surface area contributed by atoms with Gasteiger partial charge in [-0.2, -0.15) is 0 Å². The molecule has 0 aliphatic heterocycles. The SMILES string of the molecule is Cc1nc([N+](=O)[O-])cn1CCC(=O)Nc1ccc(-n2ccn(-c3ccc(Oc4ccccc4)cc3)c2=O)cc1. The van der Waals surface area contributed by atoms with Gasteiger partial charge in [-0.1, -0.05) is 18.2 Å². The molecule has 196 valence electrons. The van der Waals surface area contributed by atoms with Crippen LogP contribution in [0.2, 0.25) is 0 Å². The number of para-hydroxylation sites is 1. The molecule has 5 aromatic rings. The Morgan fingerprint density at radius 1 is 0.923 bits per heavy atom. The first-order chi connectivity index (χ1) is 18.9. The molecule has 39 heavy (non-hydrogen) atoms. The third kappa shape index (κ3) is 5.77. The number of hydrogen-bond donors (Lipinski definition) is 1. The van der Waals surface area contributed by atoms with Crippen molar-refractivity contribution in [3.8, 4) is 22.9 Å². The number of carbonyl (C=O) groups excluding carboxylic acids is 1. The van der Waals surface area contributed by atoms with Crippen LogP contribution in [0.25, 0.3) is 11.4 Å². The van der Waals surface area contributed by atoms with Crippen molar-refractivity contribution < 1.29 is 14.5 Å². The zero-order valence-corrected chi connectivity index (χ0v) is 20.9. The van der Waals surface area contributed by atoms with Crippen LogP contribution in [0.4, 0.5) is 11.5 Å². The number of anilines is 1. The molecule has 3 aromatic carbocycles. The number of rotatable bonds is 9. The van der Waals surface area contributed by atoms with Crippen LogP contribution in [0.3, 0.4) is 0 Å². The molecule has 0 unspecified atom stereocenters. The number of hydrogen-bond acceptors (Lipinski definition) is 6. The first-order valence-electron chi connectivity index (χ1n) is 12.1. The molecule has 0 aliphatic rings. The van der Waals surface area contributed by atoms with Crippen molar-refractivity contribution in [1.29, 1.82) is 0 Å².